The first-order valence-corrected chi connectivity index (χ1v) is 9.76. The summed E-state index contributed by atoms with van der Waals surface area (Å²) >= 11 is 0. The van der Waals surface area contributed by atoms with E-state index in [-0.39, 0.29) is 17.1 Å². The van der Waals surface area contributed by atoms with E-state index in [1.54, 1.807) is 17.9 Å². The van der Waals surface area contributed by atoms with Crippen molar-refractivity contribution < 1.29 is 13.9 Å². The Kier molecular flexibility index (Phi) is 3.86. The van der Waals surface area contributed by atoms with Crippen LogP contribution in [0.5, 0.6) is 0 Å². The minimum absolute atomic E-state index is 0.00989. The zero-order valence-corrected chi connectivity index (χ0v) is 15.6. The lowest BCUT2D eigenvalue weighted by Gasteiger charge is -2.50. The van der Waals surface area contributed by atoms with Crippen LogP contribution in [0.4, 0.5) is 4.39 Å². The molecule has 2 fully saturated rings. The second kappa shape index (κ2) is 6.16. The monoisotopic (exact) mass is 369 g/mol. The standard InChI is InChI=1S/C21H24FN3O2/c1-27-13-21(14-8-9-14)11-24(12-21)20(26)19-17-6-3-7-18(17)25(23-19)16-5-2-4-15(22)10-16/h2,4-5,10,14H,3,6-9,11-13H2,1H3. The Bertz CT molecular complexity index is 897. The van der Waals surface area contributed by atoms with Gasteiger partial charge in [-0.1, -0.05) is 6.07 Å². The quantitative estimate of drug-likeness (QED) is 0.814. The van der Waals surface area contributed by atoms with E-state index in [4.69, 9.17) is 4.74 Å². The summed E-state index contributed by atoms with van der Waals surface area (Å²) in [6.45, 7) is 2.23. The van der Waals surface area contributed by atoms with Crippen LogP contribution in [0.1, 0.15) is 41.0 Å². The largest absolute Gasteiger partial charge is 0.384 e. The molecular weight excluding hydrogens is 345 g/mol. The summed E-state index contributed by atoms with van der Waals surface area (Å²) in [7, 11) is 1.74. The van der Waals surface area contributed by atoms with Gasteiger partial charge in [-0.25, -0.2) is 9.07 Å². The van der Waals surface area contributed by atoms with Crippen LogP contribution in [-0.2, 0) is 17.6 Å². The SMILES string of the molecule is COCC1(C2CC2)CN(C(=O)c2nn(-c3cccc(F)c3)c3c2CCC3)C1. The second-order valence-electron chi connectivity index (χ2n) is 8.25. The molecule has 1 aromatic heterocycles. The minimum Gasteiger partial charge on any atom is -0.384 e. The van der Waals surface area contributed by atoms with Gasteiger partial charge < -0.3 is 9.64 Å². The number of hydrogen-bond donors (Lipinski definition) is 0. The average molecular weight is 369 g/mol. The lowest BCUT2D eigenvalue weighted by Crippen LogP contribution is -2.61. The van der Waals surface area contributed by atoms with Gasteiger partial charge in [0.05, 0.1) is 12.3 Å². The maximum absolute atomic E-state index is 13.7. The molecular formula is C21H24FN3O2. The van der Waals surface area contributed by atoms with Crippen LogP contribution >= 0.6 is 0 Å². The molecule has 0 N–H and O–H groups in total. The second-order valence-corrected chi connectivity index (χ2v) is 8.25. The van der Waals surface area contributed by atoms with Crippen molar-refractivity contribution in [1.29, 1.82) is 0 Å². The van der Waals surface area contributed by atoms with Crippen LogP contribution in [0, 0.1) is 17.2 Å². The molecule has 0 unspecified atom stereocenters. The van der Waals surface area contributed by atoms with Gasteiger partial charge in [0.25, 0.3) is 5.91 Å². The number of aromatic nitrogens is 2. The molecule has 2 heterocycles. The van der Waals surface area contributed by atoms with Crippen LogP contribution in [0.3, 0.4) is 0 Å². The third kappa shape index (κ3) is 2.69. The molecule has 1 aromatic carbocycles. The number of carbonyl (C=O) groups is 1. The molecule has 1 saturated carbocycles. The number of amides is 1. The fourth-order valence-electron chi connectivity index (χ4n) is 4.89. The van der Waals surface area contributed by atoms with Gasteiger partial charge >= 0.3 is 0 Å². The van der Waals surface area contributed by atoms with E-state index >= 15 is 0 Å². The first-order valence-electron chi connectivity index (χ1n) is 9.76. The van der Waals surface area contributed by atoms with E-state index in [0.717, 1.165) is 50.2 Å². The van der Waals surface area contributed by atoms with Gasteiger partial charge in [-0.2, -0.15) is 5.10 Å². The summed E-state index contributed by atoms with van der Waals surface area (Å²) in [6.07, 6.45) is 5.25. The van der Waals surface area contributed by atoms with Crippen molar-refractivity contribution in [3.05, 3.63) is 47.0 Å². The molecule has 0 atom stereocenters. The predicted molar refractivity (Wildman–Crippen MR) is 98.5 cm³/mol. The number of nitrogens with zero attached hydrogens (tertiary/aromatic N) is 3. The maximum Gasteiger partial charge on any atom is 0.274 e. The summed E-state index contributed by atoms with van der Waals surface area (Å²) < 4.78 is 20.9. The molecule has 0 bridgehead atoms. The van der Waals surface area contributed by atoms with Crippen LogP contribution in [-0.4, -0.2) is 47.4 Å². The van der Waals surface area contributed by atoms with Crippen molar-refractivity contribution in [2.24, 2.45) is 11.3 Å². The Morgan fingerprint density at radius 2 is 2.15 bits per heavy atom. The van der Waals surface area contributed by atoms with Crippen LogP contribution in [0.2, 0.25) is 0 Å². The van der Waals surface area contributed by atoms with Crippen LogP contribution in [0.25, 0.3) is 5.69 Å². The molecule has 2 aromatic rings. The smallest absolute Gasteiger partial charge is 0.274 e. The highest BCUT2D eigenvalue weighted by Gasteiger charge is 2.54. The molecule has 6 heteroatoms. The van der Waals surface area contributed by atoms with Gasteiger partial charge in [0.15, 0.2) is 5.69 Å². The van der Waals surface area contributed by atoms with Crippen molar-refractivity contribution in [1.82, 2.24) is 14.7 Å². The van der Waals surface area contributed by atoms with Gasteiger partial charge in [-0.05, 0) is 56.2 Å². The number of hydrogen-bond acceptors (Lipinski definition) is 3. The normalized spacial score (nSPS) is 20.4. The summed E-state index contributed by atoms with van der Waals surface area (Å²) in [5, 5.41) is 4.63. The molecule has 5 nitrogen and oxygen atoms in total. The van der Waals surface area contributed by atoms with E-state index in [1.807, 2.05) is 11.0 Å². The van der Waals surface area contributed by atoms with Gasteiger partial charge in [0, 0.05) is 36.9 Å². The number of carbonyl (C=O) groups excluding carboxylic acids is 1. The van der Waals surface area contributed by atoms with Gasteiger partial charge in [-0.15, -0.1) is 0 Å². The van der Waals surface area contributed by atoms with E-state index in [1.165, 1.54) is 25.0 Å². The average Bonchev–Trinajstić information content (AvgIpc) is 3.24. The summed E-state index contributed by atoms with van der Waals surface area (Å²) in [5.41, 5.74) is 3.46. The van der Waals surface area contributed by atoms with Gasteiger partial charge in [0.1, 0.15) is 5.82 Å². The maximum atomic E-state index is 13.7. The molecule has 1 amide bonds. The summed E-state index contributed by atoms with van der Waals surface area (Å²) in [6, 6.07) is 6.41. The Balaban J connectivity index is 1.43. The number of halogens is 1. The van der Waals surface area contributed by atoms with E-state index in [9.17, 15) is 9.18 Å². The molecule has 1 aliphatic heterocycles. The molecule has 0 radical (unpaired) electrons. The lowest BCUT2D eigenvalue weighted by atomic mass is 9.75. The third-order valence-electron chi connectivity index (χ3n) is 6.36. The highest BCUT2D eigenvalue weighted by atomic mass is 19.1. The molecule has 1 saturated heterocycles. The fraction of sp³-hybridized carbons (Fsp3) is 0.524. The summed E-state index contributed by atoms with van der Waals surface area (Å²) in [4.78, 5) is 15.1. The van der Waals surface area contributed by atoms with Crippen LogP contribution < -0.4 is 0 Å². The van der Waals surface area contributed by atoms with E-state index in [0.29, 0.717) is 17.3 Å². The number of methoxy groups -OCH3 is 1. The molecule has 5 rings (SSSR count). The zero-order valence-electron chi connectivity index (χ0n) is 15.6. The van der Waals surface area contributed by atoms with Crippen molar-refractivity contribution in [2.75, 3.05) is 26.8 Å². The first-order chi connectivity index (χ1) is 13.1. The van der Waals surface area contributed by atoms with Crippen molar-refractivity contribution >= 4 is 5.91 Å². The molecule has 0 spiro atoms. The molecule has 2 aliphatic carbocycles. The number of fused-ring (bicyclic) bond motifs is 1. The fourth-order valence-corrected chi connectivity index (χ4v) is 4.89. The first kappa shape index (κ1) is 16.9. The predicted octanol–water partition coefficient (Wildman–Crippen LogP) is 3.00. The zero-order chi connectivity index (χ0) is 18.6. The minimum atomic E-state index is -0.292. The third-order valence-corrected chi connectivity index (χ3v) is 6.36. The highest BCUT2D eigenvalue weighted by Crippen LogP contribution is 2.51. The van der Waals surface area contributed by atoms with E-state index < -0.39 is 0 Å². The molecule has 3 aliphatic rings. The Hall–Kier alpha value is -2.21. The van der Waals surface area contributed by atoms with Crippen molar-refractivity contribution in [3.63, 3.8) is 0 Å². The van der Waals surface area contributed by atoms with E-state index in [2.05, 4.69) is 5.10 Å². The van der Waals surface area contributed by atoms with Gasteiger partial charge in [-0.3, -0.25) is 4.79 Å². The number of likely N-dealkylation sites (tertiary alicyclic amines) is 1. The number of ether oxygens (including phenoxy) is 1. The Morgan fingerprint density at radius 3 is 2.85 bits per heavy atom. The molecule has 142 valence electrons. The highest BCUT2D eigenvalue weighted by molar-refractivity contribution is 5.95. The Morgan fingerprint density at radius 1 is 1.33 bits per heavy atom. The topological polar surface area (TPSA) is 47.4 Å². The number of benzene rings is 1. The van der Waals surface area contributed by atoms with Crippen LogP contribution in [0.15, 0.2) is 24.3 Å². The molecule has 27 heavy (non-hydrogen) atoms. The number of rotatable bonds is 5. The Labute approximate surface area is 158 Å². The van der Waals surface area contributed by atoms with Gasteiger partial charge in [0.2, 0.25) is 0 Å². The summed E-state index contributed by atoms with van der Waals surface area (Å²) in [5.74, 6) is 0.409. The van der Waals surface area contributed by atoms with Crippen molar-refractivity contribution in [3.8, 4) is 5.69 Å². The lowest BCUT2D eigenvalue weighted by molar-refractivity contribution is -0.0539. The van der Waals surface area contributed by atoms with Crippen molar-refractivity contribution in [2.45, 2.75) is 32.1 Å².